The van der Waals surface area contributed by atoms with Crippen molar-refractivity contribution in [1.82, 2.24) is 4.98 Å². The van der Waals surface area contributed by atoms with Crippen LogP contribution < -0.4 is 0 Å². The highest BCUT2D eigenvalue weighted by molar-refractivity contribution is 7.85. The molecule has 2 unspecified atom stereocenters. The van der Waals surface area contributed by atoms with Gasteiger partial charge in [0.25, 0.3) is 10.1 Å². The summed E-state index contributed by atoms with van der Waals surface area (Å²) in [6, 6.07) is 3.27. The molecule has 0 amide bonds. The van der Waals surface area contributed by atoms with Crippen LogP contribution >= 0.6 is 0 Å². The van der Waals surface area contributed by atoms with E-state index in [1.807, 2.05) is 0 Å². The molecule has 2 heterocycles. The van der Waals surface area contributed by atoms with Crippen molar-refractivity contribution in [2.24, 2.45) is 0 Å². The molecule has 22 heavy (non-hydrogen) atoms. The van der Waals surface area contributed by atoms with Crippen LogP contribution in [0.15, 0.2) is 18.3 Å². The molecule has 0 aromatic carbocycles. The Morgan fingerprint density at radius 3 is 3.00 bits per heavy atom. The third-order valence-electron chi connectivity index (χ3n) is 3.22. The van der Waals surface area contributed by atoms with Crippen molar-refractivity contribution >= 4 is 10.1 Å². The second-order valence-electron chi connectivity index (χ2n) is 5.19. The van der Waals surface area contributed by atoms with Crippen LogP contribution in [0.4, 0.5) is 0 Å². The van der Waals surface area contributed by atoms with Gasteiger partial charge < -0.3 is 14.6 Å². The van der Waals surface area contributed by atoms with Gasteiger partial charge in [-0.2, -0.15) is 8.42 Å². The van der Waals surface area contributed by atoms with Crippen molar-refractivity contribution in [1.29, 1.82) is 0 Å². The number of aliphatic hydroxyl groups is 1. The Morgan fingerprint density at radius 1 is 1.50 bits per heavy atom. The largest absolute Gasteiger partial charge is 0.386 e. The van der Waals surface area contributed by atoms with Gasteiger partial charge in [0.2, 0.25) is 0 Å². The molecule has 0 spiro atoms. The van der Waals surface area contributed by atoms with Gasteiger partial charge in [0.05, 0.1) is 25.2 Å². The first-order valence-electron chi connectivity index (χ1n) is 7.14. The minimum absolute atomic E-state index is 0.210. The molecule has 1 fully saturated rings. The van der Waals surface area contributed by atoms with Crippen LogP contribution in [0.5, 0.6) is 0 Å². The lowest BCUT2D eigenvalue weighted by atomic mass is 10.1. The highest BCUT2D eigenvalue weighted by Gasteiger charge is 2.16. The van der Waals surface area contributed by atoms with E-state index < -0.39 is 16.2 Å². The molecule has 7 nitrogen and oxygen atoms in total. The highest BCUT2D eigenvalue weighted by Crippen LogP contribution is 2.17. The molecule has 0 radical (unpaired) electrons. The van der Waals surface area contributed by atoms with E-state index in [0.717, 1.165) is 25.5 Å². The van der Waals surface area contributed by atoms with Crippen molar-refractivity contribution in [2.75, 3.05) is 19.5 Å². The molecule has 1 aliphatic heterocycles. The molecule has 2 atom stereocenters. The van der Waals surface area contributed by atoms with E-state index in [1.165, 1.54) is 0 Å². The number of pyridine rings is 1. The Bertz CT molecular complexity index is 570. The fraction of sp³-hybridized carbons (Fsp3) is 0.643. The molecule has 0 aliphatic carbocycles. The highest BCUT2D eigenvalue weighted by atomic mass is 32.2. The number of nitrogens with zero attached hydrogens (tertiary/aromatic N) is 1. The molecular formula is C14H21NO6S. The van der Waals surface area contributed by atoms with Crippen LogP contribution in [0.25, 0.3) is 0 Å². The van der Waals surface area contributed by atoms with E-state index in [4.69, 9.17) is 9.47 Å². The predicted molar refractivity (Wildman–Crippen MR) is 78.4 cm³/mol. The zero-order valence-corrected chi connectivity index (χ0v) is 13.3. The van der Waals surface area contributed by atoms with Crippen molar-refractivity contribution in [2.45, 2.75) is 38.3 Å². The minimum Gasteiger partial charge on any atom is -0.386 e. The molecule has 1 aromatic heterocycles. The summed E-state index contributed by atoms with van der Waals surface area (Å²) >= 11 is 0. The average Bonchev–Trinajstić information content (AvgIpc) is 2.51. The SMILES string of the molecule is CS(=O)(=O)OCC(O)c1ccnc(COC2CCCCO2)c1. The predicted octanol–water partition coefficient (Wildman–Crippen LogP) is 1.13. The zero-order valence-electron chi connectivity index (χ0n) is 12.5. The molecule has 0 bridgehead atoms. The molecule has 124 valence electrons. The minimum atomic E-state index is -3.58. The molecule has 1 aromatic rings. The van der Waals surface area contributed by atoms with Gasteiger partial charge in [0.1, 0.15) is 6.10 Å². The lowest BCUT2D eigenvalue weighted by molar-refractivity contribution is -0.169. The molecule has 1 N–H and O–H groups in total. The molecule has 2 rings (SSSR count). The summed E-state index contributed by atoms with van der Waals surface area (Å²) in [5.41, 5.74) is 1.17. The van der Waals surface area contributed by atoms with Gasteiger partial charge in [0.15, 0.2) is 6.29 Å². The lowest BCUT2D eigenvalue weighted by Crippen LogP contribution is -2.22. The fourth-order valence-electron chi connectivity index (χ4n) is 2.09. The molecular weight excluding hydrogens is 310 g/mol. The summed E-state index contributed by atoms with van der Waals surface area (Å²) < 4.78 is 37.5. The van der Waals surface area contributed by atoms with E-state index in [2.05, 4.69) is 9.17 Å². The summed E-state index contributed by atoms with van der Waals surface area (Å²) in [7, 11) is -3.58. The maximum Gasteiger partial charge on any atom is 0.264 e. The number of hydrogen-bond donors (Lipinski definition) is 1. The van der Waals surface area contributed by atoms with Gasteiger partial charge in [-0.3, -0.25) is 9.17 Å². The summed E-state index contributed by atoms with van der Waals surface area (Å²) in [5.74, 6) is 0. The lowest BCUT2D eigenvalue weighted by Gasteiger charge is -2.22. The maximum absolute atomic E-state index is 10.9. The first kappa shape index (κ1) is 17.3. The van der Waals surface area contributed by atoms with E-state index in [1.54, 1.807) is 18.3 Å². The van der Waals surface area contributed by atoms with Crippen molar-refractivity contribution in [3.05, 3.63) is 29.6 Å². The first-order chi connectivity index (χ1) is 10.4. The second kappa shape index (κ2) is 7.98. The third kappa shape index (κ3) is 5.98. The number of ether oxygens (including phenoxy) is 2. The number of aliphatic hydroxyl groups excluding tert-OH is 1. The van der Waals surface area contributed by atoms with Crippen molar-refractivity contribution in [3.8, 4) is 0 Å². The molecule has 1 aliphatic rings. The normalized spacial score (nSPS) is 20.7. The zero-order chi connectivity index (χ0) is 16.0. The number of rotatable bonds is 7. The first-order valence-corrected chi connectivity index (χ1v) is 8.96. The van der Waals surface area contributed by atoms with Crippen LogP contribution in [0.3, 0.4) is 0 Å². The summed E-state index contributed by atoms with van der Waals surface area (Å²) in [5, 5.41) is 9.94. The molecule has 1 saturated heterocycles. The Morgan fingerprint density at radius 2 is 2.32 bits per heavy atom. The fourth-order valence-corrected chi connectivity index (χ4v) is 2.46. The molecule has 0 saturated carbocycles. The standard InChI is InChI=1S/C14H21NO6S/c1-22(17,18)21-10-13(16)11-5-6-15-12(8-11)9-20-14-4-2-3-7-19-14/h5-6,8,13-14,16H,2-4,7,9-10H2,1H3. The number of aromatic nitrogens is 1. The van der Waals surface area contributed by atoms with Gasteiger partial charge in [-0.15, -0.1) is 0 Å². The van der Waals surface area contributed by atoms with Crippen molar-refractivity contribution in [3.63, 3.8) is 0 Å². The molecule has 8 heteroatoms. The van der Waals surface area contributed by atoms with E-state index in [-0.39, 0.29) is 19.5 Å². The topological polar surface area (TPSA) is 95.0 Å². The van der Waals surface area contributed by atoms with E-state index in [0.29, 0.717) is 17.9 Å². The Balaban J connectivity index is 1.88. The summed E-state index contributed by atoms with van der Waals surface area (Å²) in [6.07, 6.45) is 4.24. The van der Waals surface area contributed by atoms with Gasteiger partial charge >= 0.3 is 0 Å². The van der Waals surface area contributed by atoms with E-state index >= 15 is 0 Å². The summed E-state index contributed by atoms with van der Waals surface area (Å²) in [4.78, 5) is 4.16. The van der Waals surface area contributed by atoms with E-state index in [9.17, 15) is 13.5 Å². The van der Waals surface area contributed by atoms with Gasteiger partial charge in [-0.05, 0) is 37.0 Å². The summed E-state index contributed by atoms with van der Waals surface area (Å²) in [6.45, 7) is 0.659. The van der Waals surface area contributed by atoms with Crippen LogP contribution in [-0.2, 0) is 30.4 Å². The van der Waals surface area contributed by atoms with Crippen molar-refractivity contribution < 1.29 is 27.2 Å². The maximum atomic E-state index is 10.9. The van der Waals surface area contributed by atoms with Crippen LogP contribution in [-0.4, -0.2) is 44.3 Å². The van der Waals surface area contributed by atoms with Crippen LogP contribution in [0.2, 0.25) is 0 Å². The van der Waals surface area contributed by atoms with Crippen LogP contribution in [0, 0.1) is 0 Å². The van der Waals surface area contributed by atoms with Gasteiger partial charge in [0, 0.05) is 12.8 Å². The average molecular weight is 331 g/mol. The monoisotopic (exact) mass is 331 g/mol. The Hall–Kier alpha value is -1.06. The second-order valence-corrected chi connectivity index (χ2v) is 6.84. The van der Waals surface area contributed by atoms with Gasteiger partial charge in [-0.25, -0.2) is 0 Å². The Kier molecular flexibility index (Phi) is 6.27. The third-order valence-corrected chi connectivity index (χ3v) is 3.78. The van der Waals surface area contributed by atoms with Crippen LogP contribution in [0.1, 0.15) is 36.6 Å². The smallest absolute Gasteiger partial charge is 0.264 e. The van der Waals surface area contributed by atoms with Gasteiger partial charge in [-0.1, -0.05) is 0 Å². The number of hydrogen-bond acceptors (Lipinski definition) is 7. The quantitative estimate of drug-likeness (QED) is 0.748. The Labute approximate surface area is 130 Å².